The van der Waals surface area contributed by atoms with E-state index in [2.05, 4.69) is 35.0 Å². The van der Waals surface area contributed by atoms with E-state index >= 15 is 0 Å². The molecule has 1 aromatic heterocycles. The van der Waals surface area contributed by atoms with Crippen LogP contribution in [0.15, 0.2) is 72.3 Å². The van der Waals surface area contributed by atoms with E-state index in [1.165, 1.54) is 0 Å². The molecule has 2 aliphatic rings. The van der Waals surface area contributed by atoms with Crippen LogP contribution in [0.3, 0.4) is 0 Å². The average Bonchev–Trinajstić information content (AvgIpc) is 3.36. The third-order valence-electron chi connectivity index (χ3n) is 9.21. The lowest BCUT2D eigenvalue weighted by Gasteiger charge is -2.31. The molecule has 5 rings (SSSR count). The maximum atomic E-state index is 13.7. The second-order valence-electron chi connectivity index (χ2n) is 12.1. The first kappa shape index (κ1) is 32.5. The van der Waals surface area contributed by atoms with Gasteiger partial charge in [0.25, 0.3) is 5.91 Å². The molecule has 1 heterocycles. The molecule has 6 nitrogen and oxygen atoms in total. The maximum absolute atomic E-state index is 13.7. The van der Waals surface area contributed by atoms with Crippen molar-refractivity contribution in [1.29, 1.82) is 0 Å². The summed E-state index contributed by atoms with van der Waals surface area (Å²) >= 11 is 0. The highest BCUT2D eigenvalue weighted by Gasteiger charge is 2.51. The highest BCUT2D eigenvalue weighted by Crippen LogP contribution is 2.53. The summed E-state index contributed by atoms with van der Waals surface area (Å²) in [6.45, 7) is 2.13. The summed E-state index contributed by atoms with van der Waals surface area (Å²) in [4.78, 5) is 26.8. The number of nitrogens with one attached hydrogen (secondary N) is 3. The number of hydrogen-bond acceptors (Lipinski definition) is 3. The van der Waals surface area contributed by atoms with Crippen molar-refractivity contribution in [2.24, 2.45) is 7.05 Å². The van der Waals surface area contributed by atoms with Gasteiger partial charge < -0.3 is 20.5 Å². The number of alkyl halides is 3. The van der Waals surface area contributed by atoms with Crippen molar-refractivity contribution < 1.29 is 22.8 Å². The monoisotopic (exact) mass is 620 g/mol. The van der Waals surface area contributed by atoms with Gasteiger partial charge in [0, 0.05) is 24.0 Å². The first-order chi connectivity index (χ1) is 21.7. The van der Waals surface area contributed by atoms with Crippen LogP contribution >= 0.6 is 0 Å². The van der Waals surface area contributed by atoms with Crippen LogP contribution in [-0.4, -0.2) is 48.2 Å². The number of aromatic nitrogens is 1. The zero-order valence-electron chi connectivity index (χ0n) is 26.1. The number of fused-ring (bicyclic) bond motifs is 4. The van der Waals surface area contributed by atoms with E-state index in [0.717, 1.165) is 71.7 Å². The predicted octanol–water partition coefficient (Wildman–Crippen LogP) is 6.96. The van der Waals surface area contributed by atoms with Gasteiger partial charge in [-0.2, -0.15) is 13.2 Å². The van der Waals surface area contributed by atoms with Gasteiger partial charge in [0.1, 0.15) is 12.2 Å². The molecule has 3 N–H and O–H groups in total. The number of rotatable bonds is 13. The van der Waals surface area contributed by atoms with E-state index in [4.69, 9.17) is 0 Å². The van der Waals surface area contributed by atoms with Crippen LogP contribution in [0.5, 0.6) is 0 Å². The van der Waals surface area contributed by atoms with Crippen LogP contribution < -0.4 is 16.0 Å². The second-order valence-corrected chi connectivity index (χ2v) is 12.1. The number of halogens is 3. The fourth-order valence-corrected chi connectivity index (χ4v) is 6.87. The molecule has 2 amide bonds. The fraction of sp³-hybridized carbons (Fsp3) is 0.444. The van der Waals surface area contributed by atoms with Crippen LogP contribution in [0.4, 0.5) is 13.2 Å². The number of unbranched alkanes of at least 4 members (excludes halogenated alkanes) is 1. The van der Waals surface area contributed by atoms with E-state index in [-0.39, 0.29) is 11.9 Å². The smallest absolute Gasteiger partial charge is 0.348 e. The second kappa shape index (κ2) is 14.1. The zero-order valence-corrected chi connectivity index (χ0v) is 26.1. The zero-order chi connectivity index (χ0) is 32.0. The summed E-state index contributed by atoms with van der Waals surface area (Å²) in [6, 6.07) is 17.5. The molecular weight excluding hydrogens is 577 g/mol. The SMILES string of the molecule is CCC(CCNCCCCC1(C(=O)NCC(F)(F)F)C2=CCCCC=C2c2ccccc21)NC(=O)c1cc2ccccc2n1C. The summed E-state index contributed by atoms with van der Waals surface area (Å²) in [6.07, 6.45) is 5.76. The topological polar surface area (TPSA) is 75.2 Å². The van der Waals surface area contributed by atoms with Crippen molar-refractivity contribution >= 4 is 28.3 Å². The molecule has 45 heavy (non-hydrogen) atoms. The summed E-state index contributed by atoms with van der Waals surface area (Å²) in [5.41, 5.74) is 4.08. The molecule has 0 aliphatic heterocycles. The first-order valence-electron chi connectivity index (χ1n) is 16.1. The van der Waals surface area contributed by atoms with Gasteiger partial charge in [0.15, 0.2) is 0 Å². The summed E-state index contributed by atoms with van der Waals surface area (Å²) < 4.78 is 41.4. The number of amides is 2. The number of nitrogens with zero attached hydrogens (tertiary/aromatic N) is 1. The third-order valence-corrected chi connectivity index (χ3v) is 9.21. The molecule has 3 aromatic rings. The normalized spacial score (nSPS) is 18.4. The lowest BCUT2D eigenvalue weighted by atomic mass is 9.73. The van der Waals surface area contributed by atoms with Crippen molar-refractivity contribution in [3.63, 3.8) is 0 Å². The van der Waals surface area contributed by atoms with E-state index in [9.17, 15) is 22.8 Å². The molecule has 2 aliphatic carbocycles. The van der Waals surface area contributed by atoms with Crippen molar-refractivity contribution in [2.75, 3.05) is 19.6 Å². The van der Waals surface area contributed by atoms with Crippen LogP contribution in [-0.2, 0) is 17.3 Å². The molecule has 0 radical (unpaired) electrons. The third kappa shape index (κ3) is 7.03. The number of carbonyl (C=O) groups is 2. The quantitative estimate of drug-likeness (QED) is 0.181. The van der Waals surface area contributed by atoms with Gasteiger partial charge in [-0.3, -0.25) is 9.59 Å². The van der Waals surface area contributed by atoms with Gasteiger partial charge in [-0.05, 0) is 92.4 Å². The molecule has 0 saturated heterocycles. The molecule has 0 bridgehead atoms. The van der Waals surface area contributed by atoms with E-state index < -0.39 is 24.0 Å². The molecule has 2 unspecified atom stereocenters. The molecule has 0 saturated carbocycles. The maximum Gasteiger partial charge on any atom is 0.405 e. The minimum Gasteiger partial charge on any atom is -0.348 e. The molecule has 2 aromatic carbocycles. The summed E-state index contributed by atoms with van der Waals surface area (Å²) in [5.74, 6) is -0.669. The minimum atomic E-state index is -4.49. The Morgan fingerprint density at radius 2 is 1.76 bits per heavy atom. The average molecular weight is 621 g/mol. The molecule has 0 fully saturated rings. The van der Waals surface area contributed by atoms with Crippen LogP contribution in [0, 0.1) is 0 Å². The Balaban J connectivity index is 1.18. The molecule has 240 valence electrons. The lowest BCUT2D eigenvalue weighted by molar-refractivity contribution is -0.141. The van der Waals surface area contributed by atoms with Gasteiger partial charge in [-0.25, -0.2) is 0 Å². The van der Waals surface area contributed by atoms with Crippen molar-refractivity contribution in [3.8, 4) is 0 Å². The Morgan fingerprint density at radius 1 is 1.00 bits per heavy atom. The standard InChI is InChI=1S/C36H43F3N4O2/c1-3-26(42-33(44)32-23-25-13-7-10-18-31(25)43(32)2)19-22-40-21-12-11-20-35(34(45)41-24-36(37,38)39)29-16-6-4-5-14-27(29)28-15-8-9-17-30(28)35/h7-10,13-18,23,26,40H,3-6,11-12,19-22,24H2,1-2H3,(H,41,45)(H,42,44). The van der Waals surface area contributed by atoms with Gasteiger partial charge in [0.05, 0.1) is 5.41 Å². The van der Waals surface area contributed by atoms with Crippen molar-refractivity contribution in [1.82, 2.24) is 20.5 Å². The highest BCUT2D eigenvalue weighted by molar-refractivity contribution is 6.05. The van der Waals surface area contributed by atoms with Crippen molar-refractivity contribution in [2.45, 2.75) is 75.9 Å². The summed E-state index contributed by atoms with van der Waals surface area (Å²) in [5, 5.41) is 9.90. The number of aryl methyl sites for hydroxylation is 1. The van der Waals surface area contributed by atoms with Gasteiger partial charge in [0.2, 0.25) is 5.91 Å². The Labute approximate surface area is 263 Å². The first-order valence-corrected chi connectivity index (χ1v) is 16.1. The fourth-order valence-electron chi connectivity index (χ4n) is 6.87. The molecule has 0 spiro atoms. The Hall–Kier alpha value is -3.85. The van der Waals surface area contributed by atoms with E-state index in [1.807, 2.05) is 66.2 Å². The lowest BCUT2D eigenvalue weighted by Crippen LogP contribution is -2.47. The van der Waals surface area contributed by atoms with E-state index in [0.29, 0.717) is 31.6 Å². The van der Waals surface area contributed by atoms with Crippen molar-refractivity contribution in [3.05, 3.63) is 89.1 Å². The minimum absolute atomic E-state index is 0.0194. The number of para-hydroxylation sites is 1. The van der Waals surface area contributed by atoms with Crippen LogP contribution in [0.25, 0.3) is 16.5 Å². The van der Waals surface area contributed by atoms with Gasteiger partial charge >= 0.3 is 6.18 Å². The Morgan fingerprint density at radius 3 is 2.53 bits per heavy atom. The largest absolute Gasteiger partial charge is 0.405 e. The number of allylic oxidation sites excluding steroid dienone is 3. The number of hydrogen-bond donors (Lipinski definition) is 3. The number of benzene rings is 2. The highest BCUT2D eigenvalue weighted by atomic mass is 19.4. The number of carbonyl (C=O) groups excluding carboxylic acids is 2. The molecular formula is C36H43F3N4O2. The Bertz CT molecular complexity index is 1590. The van der Waals surface area contributed by atoms with Gasteiger partial charge in [-0.15, -0.1) is 0 Å². The van der Waals surface area contributed by atoms with Gasteiger partial charge in [-0.1, -0.05) is 68.0 Å². The van der Waals surface area contributed by atoms with E-state index in [1.54, 1.807) is 0 Å². The Kier molecular flexibility index (Phi) is 10.2. The molecule has 2 atom stereocenters. The molecule has 9 heteroatoms. The van der Waals surface area contributed by atoms with Crippen LogP contribution in [0.1, 0.15) is 79.9 Å². The van der Waals surface area contributed by atoms with Crippen LogP contribution in [0.2, 0.25) is 0 Å². The summed E-state index contributed by atoms with van der Waals surface area (Å²) in [7, 11) is 1.90. The predicted molar refractivity (Wildman–Crippen MR) is 173 cm³/mol.